The molecule has 0 spiro atoms. The number of pyridine rings is 1. The van der Waals surface area contributed by atoms with Crippen LogP contribution in [0.4, 0.5) is 0 Å². The number of rotatable bonds is 5. The monoisotopic (exact) mass is 318 g/mol. The van der Waals surface area contributed by atoms with Gasteiger partial charge >= 0.3 is 0 Å². The largest absolute Gasteiger partial charge is 0.475 e. The van der Waals surface area contributed by atoms with E-state index in [-0.39, 0.29) is 17.6 Å². The molecule has 126 valence electrons. The summed E-state index contributed by atoms with van der Waals surface area (Å²) in [5.41, 5.74) is 1.26. The number of aromatic nitrogens is 1. The third-order valence-corrected chi connectivity index (χ3v) is 4.06. The van der Waals surface area contributed by atoms with Crippen molar-refractivity contribution in [3.63, 3.8) is 0 Å². The van der Waals surface area contributed by atoms with Crippen LogP contribution in [0.5, 0.6) is 5.88 Å². The molecule has 1 aliphatic carbocycles. The van der Waals surface area contributed by atoms with E-state index in [1.54, 1.807) is 0 Å². The van der Waals surface area contributed by atoms with Gasteiger partial charge in [0, 0.05) is 18.2 Å². The summed E-state index contributed by atoms with van der Waals surface area (Å²) in [7, 11) is 0. The van der Waals surface area contributed by atoms with E-state index in [4.69, 9.17) is 9.47 Å². The van der Waals surface area contributed by atoms with Crippen LogP contribution in [0.25, 0.3) is 0 Å². The molecule has 1 atom stereocenters. The summed E-state index contributed by atoms with van der Waals surface area (Å²) < 4.78 is 11.3. The minimum Gasteiger partial charge on any atom is -0.475 e. The standard InChI is InChI=1S/C18H26N2O3/c1-18(2,3)20-17(21)16-14(12-6-7-12)8-9-15(19-16)23-11-13-5-4-10-22-13/h8-9,12-13H,4-7,10-11H2,1-3H3,(H,20,21). The molecule has 1 aromatic rings. The van der Waals surface area contributed by atoms with Crippen molar-refractivity contribution in [1.29, 1.82) is 0 Å². The molecule has 1 unspecified atom stereocenters. The summed E-state index contributed by atoms with van der Waals surface area (Å²) in [5.74, 6) is 0.848. The van der Waals surface area contributed by atoms with Gasteiger partial charge in [-0.2, -0.15) is 0 Å². The smallest absolute Gasteiger partial charge is 0.270 e. The number of hydrogen-bond acceptors (Lipinski definition) is 4. The van der Waals surface area contributed by atoms with E-state index >= 15 is 0 Å². The van der Waals surface area contributed by atoms with Gasteiger partial charge in [0.1, 0.15) is 12.3 Å². The average Bonchev–Trinajstić information content (AvgIpc) is 3.19. The van der Waals surface area contributed by atoms with Crippen molar-refractivity contribution in [2.45, 2.75) is 64.0 Å². The van der Waals surface area contributed by atoms with Gasteiger partial charge in [-0.25, -0.2) is 4.98 Å². The van der Waals surface area contributed by atoms with Crippen LogP contribution in [-0.4, -0.2) is 35.7 Å². The molecule has 0 bridgehead atoms. The van der Waals surface area contributed by atoms with Gasteiger partial charge in [-0.05, 0) is 57.9 Å². The minimum absolute atomic E-state index is 0.123. The van der Waals surface area contributed by atoms with Gasteiger partial charge in [-0.1, -0.05) is 6.07 Å². The summed E-state index contributed by atoms with van der Waals surface area (Å²) in [6.07, 6.45) is 4.52. The zero-order valence-electron chi connectivity index (χ0n) is 14.2. The molecule has 3 rings (SSSR count). The third-order valence-electron chi connectivity index (χ3n) is 4.06. The maximum Gasteiger partial charge on any atom is 0.270 e. The normalized spacial score (nSPS) is 21.3. The number of hydrogen-bond donors (Lipinski definition) is 1. The van der Waals surface area contributed by atoms with Crippen molar-refractivity contribution in [3.05, 3.63) is 23.4 Å². The number of carbonyl (C=O) groups excluding carboxylic acids is 1. The molecule has 0 radical (unpaired) electrons. The lowest BCUT2D eigenvalue weighted by atomic mass is 10.1. The third kappa shape index (κ3) is 4.44. The van der Waals surface area contributed by atoms with Gasteiger partial charge in [-0.15, -0.1) is 0 Å². The van der Waals surface area contributed by atoms with Crippen molar-refractivity contribution >= 4 is 5.91 Å². The van der Waals surface area contributed by atoms with Crippen molar-refractivity contribution in [3.8, 4) is 5.88 Å². The lowest BCUT2D eigenvalue weighted by Crippen LogP contribution is -2.41. The molecule has 5 heteroatoms. The van der Waals surface area contributed by atoms with Crippen LogP contribution < -0.4 is 10.1 Å². The predicted molar refractivity (Wildman–Crippen MR) is 87.9 cm³/mol. The van der Waals surface area contributed by atoms with Crippen molar-refractivity contribution in [1.82, 2.24) is 10.3 Å². The number of ether oxygens (including phenoxy) is 2. The number of nitrogens with zero attached hydrogens (tertiary/aromatic N) is 1. The Morgan fingerprint density at radius 1 is 1.35 bits per heavy atom. The van der Waals surface area contributed by atoms with Crippen molar-refractivity contribution in [2.75, 3.05) is 13.2 Å². The molecule has 1 N–H and O–H groups in total. The highest BCUT2D eigenvalue weighted by Gasteiger charge is 2.30. The van der Waals surface area contributed by atoms with E-state index in [1.165, 1.54) is 0 Å². The van der Waals surface area contributed by atoms with E-state index in [2.05, 4.69) is 10.3 Å². The zero-order valence-corrected chi connectivity index (χ0v) is 14.2. The Balaban J connectivity index is 1.74. The molecule has 0 aromatic carbocycles. The predicted octanol–water partition coefficient (Wildman–Crippen LogP) is 3.05. The maximum atomic E-state index is 12.6. The second-order valence-electron chi connectivity index (χ2n) is 7.51. The molecule has 1 aromatic heterocycles. The van der Waals surface area contributed by atoms with Gasteiger partial charge in [0.2, 0.25) is 5.88 Å². The van der Waals surface area contributed by atoms with Crippen LogP contribution >= 0.6 is 0 Å². The highest BCUT2D eigenvalue weighted by molar-refractivity contribution is 5.94. The summed E-state index contributed by atoms with van der Waals surface area (Å²) in [6.45, 7) is 7.22. The highest BCUT2D eigenvalue weighted by Crippen LogP contribution is 2.41. The zero-order chi connectivity index (χ0) is 16.4. The Morgan fingerprint density at radius 3 is 2.74 bits per heavy atom. The molecular formula is C18H26N2O3. The Morgan fingerprint density at radius 2 is 2.13 bits per heavy atom. The lowest BCUT2D eigenvalue weighted by molar-refractivity contribution is 0.0661. The number of amides is 1. The van der Waals surface area contributed by atoms with Gasteiger partial charge in [0.15, 0.2) is 0 Å². The molecular weight excluding hydrogens is 292 g/mol. The topological polar surface area (TPSA) is 60.5 Å². The second-order valence-corrected chi connectivity index (χ2v) is 7.51. The Kier molecular flexibility index (Phi) is 4.57. The van der Waals surface area contributed by atoms with E-state index in [0.717, 1.165) is 37.9 Å². The van der Waals surface area contributed by atoms with Crippen LogP contribution in [0.1, 0.15) is 68.4 Å². The van der Waals surface area contributed by atoms with Gasteiger partial charge in [0.05, 0.1) is 6.10 Å². The summed E-state index contributed by atoms with van der Waals surface area (Å²) in [5, 5.41) is 3.00. The minimum atomic E-state index is -0.284. The van der Waals surface area contributed by atoms with Crippen molar-refractivity contribution < 1.29 is 14.3 Å². The Hall–Kier alpha value is -1.62. The highest BCUT2D eigenvalue weighted by atomic mass is 16.5. The lowest BCUT2D eigenvalue weighted by Gasteiger charge is -2.21. The van der Waals surface area contributed by atoms with Crippen LogP contribution in [0, 0.1) is 0 Å². The quantitative estimate of drug-likeness (QED) is 0.906. The van der Waals surface area contributed by atoms with Crippen molar-refractivity contribution in [2.24, 2.45) is 0 Å². The molecule has 1 amide bonds. The van der Waals surface area contributed by atoms with Gasteiger partial charge < -0.3 is 14.8 Å². The first-order chi connectivity index (χ1) is 10.9. The van der Waals surface area contributed by atoms with Gasteiger partial charge in [0.25, 0.3) is 5.91 Å². The van der Waals surface area contributed by atoms with Crippen LogP contribution in [-0.2, 0) is 4.74 Å². The molecule has 23 heavy (non-hydrogen) atoms. The Labute approximate surface area is 137 Å². The van der Waals surface area contributed by atoms with Gasteiger partial charge in [-0.3, -0.25) is 4.79 Å². The number of nitrogens with one attached hydrogen (secondary N) is 1. The first-order valence-corrected chi connectivity index (χ1v) is 8.50. The maximum absolute atomic E-state index is 12.6. The molecule has 2 fully saturated rings. The van der Waals surface area contributed by atoms with Crippen LogP contribution in [0.2, 0.25) is 0 Å². The second kappa shape index (κ2) is 6.48. The number of carbonyl (C=O) groups is 1. The Bertz CT molecular complexity index is 570. The molecule has 1 saturated heterocycles. The molecule has 2 heterocycles. The fourth-order valence-corrected chi connectivity index (χ4v) is 2.79. The average molecular weight is 318 g/mol. The summed E-state index contributed by atoms with van der Waals surface area (Å²) >= 11 is 0. The molecule has 1 aliphatic heterocycles. The fraction of sp³-hybridized carbons (Fsp3) is 0.667. The molecule has 5 nitrogen and oxygen atoms in total. The summed E-state index contributed by atoms with van der Waals surface area (Å²) in [6, 6.07) is 3.86. The van der Waals surface area contributed by atoms with Crippen LogP contribution in [0.15, 0.2) is 12.1 Å². The first kappa shape index (κ1) is 16.2. The molecule has 2 aliphatic rings. The first-order valence-electron chi connectivity index (χ1n) is 8.50. The van der Waals surface area contributed by atoms with E-state index in [9.17, 15) is 4.79 Å². The van der Waals surface area contributed by atoms with E-state index < -0.39 is 0 Å². The fourth-order valence-electron chi connectivity index (χ4n) is 2.79. The van der Waals surface area contributed by atoms with E-state index in [0.29, 0.717) is 24.1 Å². The molecule has 1 saturated carbocycles. The van der Waals surface area contributed by atoms with E-state index in [1.807, 2.05) is 32.9 Å². The SMILES string of the molecule is CC(C)(C)NC(=O)c1nc(OCC2CCCO2)ccc1C1CC1. The van der Waals surface area contributed by atoms with Crippen LogP contribution in [0.3, 0.4) is 0 Å². The summed E-state index contributed by atoms with van der Waals surface area (Å²) in [4.78, 5) is 17.1.